The minimum atomic E-state index is 0. The van der Waals surface area contributed by atoms with Crippen molar-refractivity contribution in [2.75, 3.05) is 0 Å². The van der Waals surface area contributed by atoms with E-state index in [9.17, 15) is 0 Å². The molecule has 1 nitrogen and oxygen atoms in total. The monoisotopic (exact) mass is 195 g/mol. The maximum atomic E-state index is 5.96. The third-order valence-corrected chi connectivity index (χ3v) is 2.07. The maximum Gasteiger partial charge on any atom is 0.0484 e. The second-order valence-corrected chi connectivity index (χ2v) is 2.87. The normalized spacial score (nSPS) is 8.69. The van der Waals surface area contributed by atoms with Crippen LogP contribution in [0.4, 0.5) is 0 Å². The smallest absolute Gasteiger partial charge is 0.0484 e. The van der Waals surface area contributed by atoms with Gasteiger partial charge in [0, 0.05) is 10.4 Å². The van der Waals surface area contributed by atoms with E-state index in [4.69, 9.17) is 11.6 Å². The third-order valence-electron chi connectivity index (χ3n) is 1.74. The second-order valence-electron chi connectivity index (χ2n) is 2.46. The molecule has 0 aliphatic heterocycles. The minimum Gasteiger partial charge on any atom is -0.344 e. The Balaban J connectivity index is 0.000000720. The Morgan fingerprint density at radius 1 is 0.846 bits per heavy atom. The summed E-state index contributed by atoms with van der Waals surface area (Å²) in [5.41, 5.74) is 0. The fourth-order valence-electron chi connectivity index (χ4n) is 1.19. The van der Waals surface area contributed by atoms with Crippen LogP contribution in [0.25, 0.3) is 10.8 Å². The Hall–Kier alpha value is -1.05. The first-order chi connectivity index (χ1) is 5.38. The molecule has 70 valence electrons. The zero-order chi connectivity index (χ0) is 7.68. The molecule has 0 aromatic heterocycles. The number of hydrogen-bond acceptors (Lipinski definition) is 1. The summed E-state index contributed by atoms with van der Waals surface area (Å²) in [6.07, 6.45) is 0. The molecule has 2 aromatic rings. The number of rotatable bonds is 0. The molecule has 0 atom stereocenters. The van der Waals surface area contributed by atoms with Gasteiger partial charge in [0.2, 0.25) is 0 Å². The van der Waals surface area contributed by atoms with Crippen LogP contribution >= 0.6 is 11.6 Å². The summed E-state index contributed by atoms with van der Waals surface area (Å²) in [5.74, 6) is 0. The SMILES string of the molecule is C.Clc1cccc2ccccc12.N. The lowest BCUT2D eigenvalue weighted by atomic mass is 10.1. The van der Waals surface area contributed by atoms with Crippen molar-refractivity contribution >= 4 is 22.4 Å². The molecular formula is C11H14ClN. The highest BCUT2D eigenvalue weighted by Gasteiger charge is 1.93. The molecule has 2 aromatic carbocycles. The molecule has 0 aliphatic rings. The van der Waals surface area contributed by atoms with Crippen LogP contribution < -0.4 is 6.15 Å². The Labute approximate surface area is 83.9 Å². The molecule has 0 unspecified atom stereocenters. The van der Waals surface area contributed by atoms with Crippen LogP contribution in [0, 0.1) is 0 Å². The van der Waals surface area contributed by atoms with Gasteiger partial charge in [-0.3, -0.25) is 0 Å². The van der Waals surface area contributed by atoms with Crippen molar-refractivity contribution in [2.45, 2.75) is 7.43 Å². The molecule has 2 rings (SSSR count). The summed E-state index contributed by atoms with van der Waals surface area (Å²) in [6.45, 7) is 0. The minimum absolute atomic E-state index is 0. The number of hydrogen-bond donors (Lipinski definition) is 1. The van der Waals surface area contributed by atoms with Crippen LogP contribution in [0.15, 0.2) is 42.5 Å². The molecule has 0 radical (unpaired) electrons. The van der Waals surface area contributed by atoms with Crippen molar-refractivity contribution in [1.29, 1.82) is 0 Å². The Morgan fingerprint density at radius 3 is 2.15 bits per heavy atom. The first-order valence-electron chi connectivity index (χ1n) is 3.51. The van der Waals surface area contributed by atoms with Gasteiger partial charge in [0.1, 0.15) is 0 Å². The molecule has 0 saturated heterocycles. The number of benzene rings is 2. The van der Waals surface area contributed by atoms with E-state index >= 15 is 0 Å². The molecule has 2 heteroatoms. The summed E-state index contributed by atoms with van der Waals surface area (Å²) < 4.78 is 0. The molecule has 13 heavy (non-hydrogen) atoms. The maximum absolute atomic E-state index is 5.96. The van der Waals surface area contributed by atoms with Crippen LogP contribution in [-0.4, -0.2) is 0 Å². The van der Waals surface area contributed by atoms with E-state index in [1.165, 1.54) is 5.39 Å². The first-order valence-corrected chi connectivity index (χ1v) is 3.89. The van der Waals surface area contributed by atoms with Crippen molar-refractivity contribution < 1.29 is 0 Å². The largest absolute Gasteiger partial charge is 0.344 e. The predicted octanol–water partition coefficient (Wildman–Crippen LogP) is 4.29. The van der Waals surface area contributed by atoms with Gasteiger partial charge < -0.3 is 6.15 Å². The van der Waals surface area contributed by atoms with Crippen molar-refractivity contribution in [3.05, 3.63) is 47.5 Å². The van der Waals surface area contributed by atoms with E-state index in [0.717, 1.165) is 10.4 Å². The lowest BCUT2D eigenvalue weighted by molar-refractivity contribution is 1.75. The van der Waals surface area contributed by atoms with Gasteiger partial charge in [-0.25, -0.2) is 0 Å². The van der Waals surface area contributed by atoms with Gasteiger partial charge in [-0.1, -0.05) is 55.4 Å². The first kappa shape index (κ1) is 11.9. The van der Waals surface area contributed by atoms with E-state index in [2.05, 4.69) is 12.1 Å². The zero-order valence-corrected chi connectivity index (χ0v) is 7.38. The molecule has 0 amide bonds. The summed E-state index contributed by atoms with van der Waals surface area (Å²) >= 11 is 5.96. The standard InChI is InChI=1S/C10H7Cl.CH4.H3N/c11-10-7-3-5-8-4-1-2-6-9(8)10;;/h1-7H;1H4;1H3. The Bertz CT molecular complexity index is 379. The second kappa shape index (κ2) is 4.85. The lowest BCUT2D eigenvalue weighted by Gasteiger charge is -1.97. The molecule has 0 saturated carbocycles. The molecule has 3 N–H and O–H groups in total. The molecule has 0 spiro atoms. The summed E-state index contributed by atoms with van der Waals surface area (Å²) in [7, 11) is 0. The van der Waals surface area contributed by atoms with Gasteiger partial charge in [0.15, 0.2) is 0 Å². The highest BCUT2D eigenvalue weighted by molar-refractivity contribution is 6.35. The zero-order valence-electron chi connectivity index (χ0n) is 6.63. The van der Waals surface area contributed by atoms with Crippen molar-refractivity contribution in [3.63, 3.8) is 0 Å². The topological polar surface area (TPSA) is 35.0 Å². The van der Waals surface area contributed by atoms with Crippen LogP contribution in [-0.2, 0) is 0 Å². The molecular weight excluding hydrogens is 182 g/mol. The molecule has 0 heterocycles. The number of fused-ring (bicyclic) bond motifs is 1. The molecule has 0 fully saturated rings. The average molecular weight is 196 g/mol. The Kier molecular flexibility index (Phi) is 4.46. The lowest BCUT2D eigenvalue weighted by Crippen LogP contribution is -1.70. The van der Waals surface area contributed by atoms with Gasteiger partial charge in [-0.2, -0.15) is 0 Å². The summed E-state index contributed by atoms with van der Waals surface area (Å²) in [4.78, 5) is 0. The van der Waals surface area contributed by atoms with Crippen LogP contribution in [0.3, 0.4) is 0 Å². The summed E-state index contributed by atoms with van der Waals surface area (Å²) in [5, 5.41) is 3.14. The van der Waals surface area contributed by atoms with Crippen LogP contribution in [0.1, 0.15) is 7.43 Å². The highest BCUT2D eigenvalue weighted by Crippen LogP contribution is 2.21. The average Bonchev–Trinajstić information content (AvgIpc) is 2.06. The van der Waals surface area contributed by atoms with Gasteiger partial charge in [-0.15, -0.1) is 0 Å². The van der Waals surface area contributed by atoms with Gasteiger partial charge >= 0.3 is 0 Å². The highest BCUT2D eigenvalue weighted by atomic mass is 35.5. The van der Waals surface area contributed by atoms with Gasteiger partial charge in [0.25, 0.3) is 0 Å². The fourth-order valence-corrected chi connectivity index (χ4v) is 1.43. The van der Waals surface area contributed by atoms with Gasteiger partial charge in [0.05, 0.1) is 0 Å². The molecule has 0 aliphatic carbocycles. The van der Waals surface area contributed by atoms with E-state index in [0.29, 0.717) is 0 Å². The van der Waals surface area contributed by atoms with Crippen LogP contribution in [0.5, 0.6) is 0 Å². The predicted molar refractivity (Wildman–Crippen MR) is 60.7 cm³/mol. The van der Waals surface area contributed by atoms with Gasteiger partial charge in [-0.05, 0) is 11.5 Å². The van der Waals surface area contributed by atoms with E-state index in [1.54, 1.807) is 0 Å². The Morgan fingerprint density at radius 2 is 1.46 bits per heavy atom. The fraction of sp³-hybridized carbons (Fsp3) is 0.0909. The van der Waals surface area contributed by atoms with E-state index in [-0.39, 0.29) is 13.6 Å². The van der Waals surface area contributed by atoms with E-state index in [1.807, 2.05) is 30.3 Å². The van der Waals surface area contributed by atoms with Crippen molar-refractivity contribution in [1.82, 2.24) is 6.15 Å². The van der Waals surface area contributed by atoms with Crippen molar-refractivity contribution in [2.24, 2.45) is 0 Å². The summed E-state index contributed by atoms with van der Waals surface area (Å²) in [6, 6.07) is 14.0. The van der Waals surface area contributed by atoms with Crippen LogP contribution in [0.2, 0.25) is 5.02 Å². The quantitative estimate of drug-likeness (QED) is 0.669. The van der Waals surface area contributed by atoms with E-state index < -0.39 is 0 Å². The number of halogens is 1. The van der Waals surface area contributed by atoms with Crippen molar-refractivity contribution in [3.8, 4) is 0 Å². The third kappa shape index (κ3) is 2.20. The molecule has 0 bridgehead atoms.